The maximum atomic E-state index is 4.65. The minimum atomic E-state index is 0.660. The van der Waals surface area contributed by atoms with Gasteiger partial charge in [0, 0.05) is 41.3 Å². The molecule has 3 rings (SSSR count). The van der Waals surface area contributed by atoms with Crippen molar-refractivity contribution >= 4 is 28.2 Å². The quantitative estimate of drug-likeness (QED) is 0.468. The van der Waals surface area contributed by atoms with E-state index in [9.17, 15) is 0 Å². The molecule has 0 fully saturated rings. The molecule has 0 saturated heterocycles. The van der Waals surface area contributed by atoms with Gasteiger partial charge < -0.3 is 15.6 Å². The number of aliphatic imine (C=N–C) groups is 1. The van der Waals surface area contributed by atoms with E-state index < -0.39 is 0 Å². The summed E-state index contributed by atoms with van der Waals surface area (Å²) in [6, 6.07) is 6.55. The van der Waals surface area contributed by atoms with Crippen molar-refractivity contribution in [2.24, 2.45) is 4.99 Å². The SMILES string of the molecule is CCNC(=NCc1cnc(C)s1)NCCc1c[nH]c2cc(C)ccc12. The van der Waals surface area contributed by atoms with Crippen LogP contribution in [-0.4, -0.2) is 29.0 Å². The highest BCUT2D eigenvalue weighted by atomic mass is 32.1. The van der Waals surface area contributed by atoms with Crippen LogP contribution in [0, 0.1) is 13.8 Å². The Labute approximate surface area is 152 Å². The summed E-state index contributed by atoms with van der Waals surface area (Å²) in [6.07, 6.45) is 4.96. The predicted octanol–water partition coefficient (Wildman–Crippen LogP) is 3.54. The summed E-state index contributed by atoms with van der Waals surface area (Å²) in [4.78, 5) is 13.5. The smallest absolute Gasteiger partial charge is 0.191 e. The van der Waals surface area contributed by atoms with Gasteiger partial charge in [-0.25, -0.2) is 9.98 Å². The monoisotopic (exact) mass is 355 g/mol. The molecule has 0 aliphatic carbocycles. The van der Waals surface area contributed by atoms with Gasteiger partial charge in [-0.15, -0.1) is 11.3 Å². The van der Waals surface area contributed by atoms with Gasteiger partial charge in [0.05, 0.1) is 11.6 Å². The van der Waals surface area contributed by atoms with Crippen LogP contribution in [0.1, 0.15) is 27.9 Å². The molecular weight excluding hydrogens is 330 g/mol. The number of aryl methyl sites for hydroxylation is 2. The summed E-state index contributed by atoms with van der Waals surface area (Å²) >= 11 is 1.69. The molecule has 0 saturated carbocycles. The number of aromatic amines is 1. The third kappa shape index (κ3) is 4.60. The maximum absolute atomic E-state index is 4.65. The number of aromatic nitrogens is 2. The van der Waals surface area contributed by atoms with E-state index in [-0.39, 0.29) is 0 Å². The van der Waals surface area contributed by atoms with Crippen molar-refractivity contribution in [3.05, 3.63) is 51.6 Å². The van der Waals surface area contributed by atoms with Crippen LogP contribution in [0.3, 0.4) is 0 Å². The Balaban J connectivity index is 1.59. The van der Waals surface area contributed by atoms with E-state index in [4.69, 9.17) is 0 Å². The zero-order chi connectivity index (χ0) is 17.6. The number of fused-ring (bicyclic) bond motifs is 1. The average Bonchev–Trinajstić information content (AvgIpc) is 3.18. The molecule has 2 aromatic heterocycles. The second-order valence-corrected chi connectivity index (χ2v) is 7.40. The Kier molecular flexibility index (Phi) is 5.71. The summed E-state index contributed by atoms with van der Waals surface area (Å²) < 4.78 is 0. The third-order valence-corrected chi connectivity index (χ3v) is 4.91. The minimum absolute atomic E-state index is 0.660. The molecule has 2 heterocycles. The first-order valence-corrected chi connectivity index (χ1v) is 9.47. The summed E-state index contributed by atoms with van der Waals surface area (Å²) in [7, 11) is 0. The van der Waals surface area contributed by atoms with Crippen LogP contribution in [0.2, 0.25) is 0 Å². The molecule has 3 aromatic rings. The maximum Gasteiger partial charge on any atom is 0.191 e. The molecule has 25 heavy (non-hydrogen) atoms. The molecule has 132 valence electrons. The van der Waals surface area contributed by atoms with Crippen LogP contribution in [0.4, 0.5) is 0 Å². The van der Waals surface area contributed by atoms with Crippen LogP contribution < -0.4 is 10.6 Å². The fourth-order valence-electron chi connectivity index (χ4n) is 2.80. The highest BCUT2D eigenvalue weighted by Crippen LogP contribution is 2.19. The number of H-pyrrole nitrogens is 1. The molecule has 0 unspecified atom stereocenters. The van der Waals surface area contributed by atoms with E-state index in [1.54, 1.807) is 11.3 Å². The van der Waals surface area contributed by atoms with E-state index in [1.807, 2.05) is 13.1 Å². The summed E-state index contributed by atoms with van der Waals surface area (Å²) in [5, 5.41) is 9.10. The van der Waals surface area contributed by atoms with Crippen molar-refractivity contribution in [1.29, 1.82) is 0 Å². The van der Waals surface area contributed by atoms with Crippen LogP contribution in [-0.2, 0) is 13.0 Å². The second kappa shape index (κ2) is 8.16. The molecule has 0 atom stereocenters. The first kappa shape index (κ1) is 17.5. The van der Waals surface area contributed by atoms with Gasteiger partial charge in [-0.05, 0) is 44.4 Å². The lowest BCUT2D eigenvalue weighted by Crippen LogP contribution is -2.38. The fraction of sp³-hybridized carbons (Fsp3) is 0.368. The number of thiazole rings is 1. The Bertz CT molecular complexity index is 862. The highest BCUT2D eigenvalue weighted by Gasteiger charge is 2.05. The molecule has 0 radical (unpaired) electrons. The lowest BCUT2D eigenvalue weighted by molar-refractivity contribution is 0.803. The molecule has 3 N–H and O–H groups in total. The van der Waals surface area contributed by atoms with Crippen LogP contribution >= 0.6 is 11.3 Å². The van der Waals surface area contributed by atoms with Gasteiger partial charge >= 0.3 is 0 Å². The van der Waals surface area contributed by atoms with Crippen molar-refractivity contribution in [2.75, 3.05) is 13.1 Å². The Morgan fingerprint density at radius 1 is 1.28 bits per heavy atom. The molecule has 0 amide bonds. The Morgan fingerprint density at radius 2 is 2.16 bits per heavy atom. The van der Waals surface area contributed by atoms with E-state index in [2.05, 4.69) is 63.8 Å². The van der Waals surface area contributed by atoms with E-state index in [0.29, 0.717) is 6.54 Å². The zero-order valence-electron chi connectivity index (χ0n) is 15.0. The number of hydrogen-bond donors (Lipinski definition) is 3. The molecule has 1 aromatic carbocycles. The van der Waals surface area contributed by atoms with E-state index in [0.717, 1.165) is 30.5 Å². The van der Waals surface area contributed by atoms with Gasteiger partial charge in [0.25, 0.3) is 0 Å². The van der Waals surface area contributed by atoms with Gasteiger partial charge in [-0.3, -0.25) is 0 Å². The van der Waals surface area contributed by atoms with Crippen molar-refractivity contribution in [3.63, 3.8) is 0 Å². The highest BCUT2D eigenvalue weighted by molar-refractivity contribution is 7.11. The van der Waals surface area contributed by atoms with Gasteiger partial charge in [0.2, 0.25) is 0 Å². The van der Waals surface area contributed by atoms with E-state index in [1.165, 1.54) is 26.9 Å². The van der Waals surface area contributed by atoms with Crippen molar-refractivity contribution in [2.45, 2.75) is 33.7 Å². The Hall–Kier alpha value is -2.34. The van der Waals surface area contributed by atoms with Gasteiger partial charge in [-0.2, -0.15) is 0 Å². The van der Waals surface area contributed by atoms with Gasteiger partial charge in [-0.1, -0.05) is 12.1 Å². The molecule has 0 aliphatic heterocycles. The fourth-order valence-corrected chi connectivity index (χ4v) is 3.52. The first-order chi connectivity index (χ1) is 12.2. The van der Waals surface area contributed by atoms with Gasteiger partial charge in [0.15, 0.2) is 5.96 Å². The Morgan fingerprint density at radius 3 is 2.92 bits per heavy atom. The molecular formula is C19H25N5S. The van der Waals surface area contributed by atoms with Crippen molar-refractivity contribution in [3.8, 4) is 0 Å². The standard InChI is InChI=1S/C19H25N5S/c1-4-20-19(24-12-16-11-22-14(3)25-16)21-8-7-15-10-23-18-9-13(2)5-6-17(15)18/h5-6,9-11,23H,4,7-8,12H2,1-3H3,(H2,20,21,24). The number of hydrogen-bond acceptors (Lipinski definition) is 3. The van der Waals surface area contributed by atoms with Crippen LogP contribution in [0.15, 0.2) is 35.6 Å². The molecule has 0 bridgehead atoms. The van der Waals surface area contributed by atoms with Crippen LogP contribution in [0.5, 0.6) is 0 Å². The van der Waals surface area contributed by atoms with Crippen molar-refractivity contribution in [1.82, 2.24) is 20.6 Å². The zero-order valence-corrected chi connectivity index (χ0v) is 15.8. The predicted molar refractivity (Wildman–Crippen MR) is 106 cm³/mol. The summed E-state index contributed by atoms with van der Waals surface area (Å²) in [5.41, 5.74) is 3.81. The number of rotatable bonds is 6. The number of nitrogens with one attached hydrogen (secondary N) is 3. The third-order valence-electron chi connectivity index (χ3n) is 4.02. The largest absolute Gasteiger partial charge is 0.361 e. The van der Waals surface area contributed by atoms with Gasteiger partial charge in [0.1, 0.15) is 0 Å². The topological polar surface area (TPSA) is 65.1 Å². The van der Waals surface area contributed by atoms with E-state index >= 15 is 0 Å². The number of nitrogens with zero attached hydrogens (tertiary/aromatic N) is 2. The van der Waals surface area contributed by atoms with Crippen LogP contribution in [0.25, 0.3) is 10.9 Å². The van der Waals surface area contributed by atoms with Crippen molar-refractivity contribution < 1.29 is 0 Å². The summed E-state index contributed by atoms with van der Waals surface area (Å²) in [5.74, 6) is 0.851. The lowest BCUT2D eigenvalue weighted by Gasteiger charge is -2.10. The lowest BCUT2D eigenvalue weighted by atomic mass is 10.1. The average molecular weight is 356 g/mol. The first-order valence-electron chi connectivity index (χ1n) is 8.66. The second-order valence-electron chi connectivity index (χ2n) is 6.08. The molecule has 5 nitrogen and oxygen atoms in total. The molecule has 0 spiro atoms. The molecule has 0 aliphatic rings. The molecule has 6 heteroatoms. The summed E-state index contributed by atoms with van der Waals surface area (Å²) in [6.45, 7) is 8.56. The normalized spacial score (nSPS) is 11.9. The minimum Gasteiger partial charge on any atom is -0.361 e. The number of benzene rings is 1. The number of guanidine groups is 1.